The normalized spacial score (nSPS) is 12.3. The summed E-state index contributed by atoms with van der Waals surface area (Å²) in [5, 5.41) is 0. The number of benzene rings is 1. The maximum absolute atomic E-state index is 5.77. The summed E-state index contributed by atoms with van der Waals surface area (Å²) in [6.07, 6.45) is 0.747. The fourth-order valence-corrected chi connectivity index (χ4v) is 1.39. The second-order valence-corrected chi connectivity index (χ2v) is 3.39. The summed E-state index contributed by atoms with van der Waals surface area (Å²) in [4.78, 5) is 0. The van der Waals surface area contributed by atoms with Crippen LogP contribution in [-0.2, 0) is 6.42 Å². The third-order valence-electron chi connectivity index (χ3n) is 2.25. The largest absolute Gasteiger partial charge is 0.493 e. The van der Waals surface area contributed by atoms with Gasteiger partial charge in [0, 0.05) is 12.6 Å². The number of nitrogens with two attached hydrogens (primary N) is 2. The van der Waals surface area contributed by atoms with Crippen LogP contribution in [0, 0.1) is 0 Å². The average Bonchev–Trinajstić information content (AvgIpc) is 2.28. The lowest BCUT2D eigenvalue weighted by atomic mass is 10.1. The van der Waals surface area contributed by atoms with Gasteiger partial charge in [-0.05, 0) is 24.1 Å². The number of methoxy groups -OCH3 is 2. The van der Waals surface area contributed by atoms with Gasteiger partial charge >= 0.3 is 0 Å². The van der Waals surface area contributed by atoms with E-state index >= 15 is 0 Å². The summed E-state index contributed by atoms with van der Waals surface area (Å²) >= 11 is 0. The van der Waals surface area contributed by atoms with Crippen LogP contribution in [0.2, 0.25) is 0 Å². The van der Waals surface area contributed by atoms with Gasteiger partial charge in [-0.15, -0.1) is 0 Å². The van der Waals surface area contributed by atoms with Crippen LogP contribution in [0.25, 0.3) is 0 Å². The molecule has 0 saturated carbocycles. The summed E-state index contributed by atoms with van der Waals surface area (Å²) in [5.74, 6) is 1.45. The molecular formula is C11H18N2O2. The van der Waals surface area contributed by atoms with Crippen LogP contribution in [0.4, 0.5) is 0 Å². The van der Waals surface area contributed by atoms with Gasteiger partial charge in [0.25, 0.3) is 0 Å². The zero-order valence-corrected chi connectivity index (χ0v) is 9.19. The van der Waals surface area contributed by atoms with E-state index in [4.69, 9.17) is 20.9 Å². The Balaban J connectivity index is 2.83. The van der Waals surface area contributed by atoms with Crippen molar-refractivity contribution < 1.29 is 9.47 Å². The average molecular weight is 210 g/mol. The first-order valence-corrected chi connectivity index (χ1v) is 4.87. The van der Waals surface area contributed by atoms with Gasteiger partial charge in [-0.3, -0.25) is 0 Å². The minimum absolute atomic E-state index is 0.0110. The molecule has 0 heterocycles. The van der Waals surface area contributed by atoms with E-state index in [2.05, 4.69) is 0 Å². The third kappa shape index (κ3) is 3.11. The molecule has 0 aliphatic carbocycles. The van der Waals surface area contributed by atoms with E-state index < -0.39 is 0 Å². The van der Waals surface area contributed by atoms with Gasteiger partial charge in [0.2, 0.25) is 0 Å². The molecule has 0 fully saturated rings. The SMILES string of the molecule is COc1ccc(CC(N)CN)cc1OC. The quantitative estimate of drug-likeness (QED) is 0.744. The molecule has 4 heteroatoms. The summed E-state index contributed by atoms with van der Waals surface area (Å²) in [6, 6.07) is 5.76. The number of rotatable bonds is 5. The fraction of sp³-hybridized carbons (Fsp3) is 0.455. The zero-order chi connectivity index (χ0) is 11.3. The van der Waals surface area contributed by atoms with E-state index in [1.54, 1.807) is 14.2 Å². The molecule has 4 nitrogen and oxygen atoms in total. The molecule has 0 aliphatic heterocycles. The van der Waals surface area contributed by atoms with Gasteiger partial charge in [0.1, 0.15) is 0 Å². The van der Waals surface area contributed by atoms with Crippen LogP contribution in [0.15, 0.2) is 18.2 Å². The predicted octanol–water partition coefficient (Wildman–Crippen LogP) is 0.532. The molecule has 4 N–H and O–H groups in total. The molecule has 1 aromatic rings. The van der Waals surface area contributed by atoms with Crippen LogP contribution >= 0.6 is 0 Å². The van der Waals surface area contributed by atoms with E-state index in [1.807, 2.05) is 18.2 Å². The first-order chi connectivity index (χ1) is 7.21. The van der Waals surface area contributed by atoms with Crippen molar-refractivity contribution in [2.45, 2.75) is 12.5 Å². The molecule has 0 bridgehead atoms. The molecule has 15 heavy (non-hydrogen) atoms. The Morgan fingerprint density at radius 1 is 1.20 bits per heavy atom. The minimum Gasteiger partial charge on any atom is -0.493 e. The van der Waals surface area contributed by atoms with Crippen LogP contribution < -0.4 is 20.9 Å². The van der Waals surface area contributed by atoms with Crippen molar-refractivity contribution in [1.82, 2.24) is 0 Å². The van der Waals surface area contributed by atoms with Crippen molar-refractivity contribution in [3.05, 3.63) is 23.8 Å². The van der Waals surface area contributed by atoms with Gasteiger partial charge in [0.05, 0.1) is 14.2 Å². The Kier molecular flexibility index (Phi) is 4.39. The van der Waals surface area contributed by atoms with E-state index in [1.165, 1.54) is 0 Å². The monoisotopic (exact) mass is 210 g/mol. The molecule has 1 aromatic carbocycles. The van der Waals surface area contributed by atoms with Crippen LogP contribution in [0.1, 0.15) is 5.56 Å². The topological polar surface area (TPSA) is 70.5 Å². The Bertz CT molecular complexity index is 315. The van der Waals surface area contributed by atoms with E-state index in [9.17, 15) is 0 Å². The van der Waals surface area contributed by atoms with Gasteiger partial charge < -0.3 is 20.9 Å². The Hall–Kier alpha value is -1.26. The van der Waals surface area contributed by atoms with E-state index in [0.29, 0.717) is 6.54 Å². The summed E-state index contributed by atoms with van der Waals surface area (Å²) in [6.45, 7) is 0.481. The van der Waals surface area contributed by atoms with Gasteiger partial charge in [-0.1, -0.05) is 6.07 Å². The van der Waals surface area contributed by atoms with E-state index in [-0.39, 0.29) is 6.04 Å². The first kappa shape index (κ1) is 11.8. The Morgan fingerprint density at radius 3 is 2.40 bits per heavy atom. The lowest BCUT2D eigenvalue weighted by Crippen LogP contribution is -2.31. The van der Waals surface area contributed by atoms with Crippen LogP contribution in [0.5, 0.6) is 11.5 Å². The molecule has 0 aromatic heterocycles. The number of ether oxygens (including phenoxy) is 2. The highest BCUT2D eigenvalue weighted by Crippen LogP contribution is 2.27. The van der Waals surface area contributed by atoms with Crippen LogP contribution in [0.3, 0.4) is 0 Å². The summed E-state index contributed by atoms with van der Waals surface area (Å²) < 4.78 is 10.3. The highest BCUT2D eigenvalue weighted by molar-refractivity contribution is 5.43. The molecular weight excluding hydrogens is 192 g/mol. The molecule has 0 saturated heterocycles. The Morgan fingerprint density at radius 2 is 1.87 bits per heavy atom. The fourth-order valence-electron chi connectivity index (χ4n) is 1.39. The summed E-state index contributed by atoms with van der Waals surface area (Å²) in [7, 11) is 3.23. The van der Waals surface area contributed by atoms with Gasteiger partial charge in [-0.25, -0.2) is 0 Å². The van der Waals surface area contributed by atoms with Gasteiger partial charge in [-0.2, -0.15) is 0 Å². The highest BCUT2D eigenvalue weighted by Gasteiger charge is 2.06. The van der Waals surface area contributed by atoms with Crippen molar-refractivity contribution in [3.63, 3.8) is 0 Å². The highest BCUT2D eigenvalue weighted by atomic mass is 16.5. The molecule has 0 amide bonds. The molecule has 84 valence electrons. The maximum atomic E-state index is 5.77. The summed E-state index contributed by atoms with van der Waals surface area (Å²) in [5.41, 5.74) is 12.3. The second kappa shape index (κ2) is 5.58. The lowest BCUT2D eigenvalue weighted by molar-refractivity contribution is 0.354. The van der Waals surface area contributed by atoms with Crippen LogP contribution in [-0.4, -0.2) is 26.8 Å². The molecule has 0 aliphatic rings. The number of hydrogen-bond acceptors (Lipinski definition) is 4. The minimum atomic E-state index is -0.0110. The molecule has 0 radical (unpaired) electrons. The molecule has 0 spiro atoms. The molecule has 1 atom stereocenters. The van der Waals surface area contributed by atoms with Crippen molar-refractivity contribution >= 4 is 0 Å². The van der Waals surface area contributed by atoms with Crippen molar-refractivity contribution in [3.8, 4) is 11.5 Å². The van der Waals surface area contributed by atoms with Crippen molar-refractivity contribution in [2.24, 2.45) is 11.5 Å². The first-order valence-electron chi connectivity index (χ1n) is 4.87. The Labute approximate surface area is 90.2 Å². The smallest absolute Gasteiger partial charge is 0.160 e. The standard InChI is InChI=1S/C11H18N2O2/c1-14-10-4-3-8(5-9(13)7-12)6-11(10)15-2/h3-4,6,9H,5,7,12-13H2,1-2H3. The van der Waals surface area contributed by atoms with Crippen molar-refractivity contribution in [2.75, 3.05) is 20.8 Å². The molecule has 1 unspecified atom stereocenters. The maximum Gasteiger partial charge on any atom is 0.160 e. The zero-order valence-electron chi connectivity index (χ0n) is 9.19. The van der Waals surface area contributed by atoms with Gasteiger partial charge in [0.15, 0.2) is 11.5 Å². The predicted molar refractivity (Wildman–Crippen MR) is 60.3 cm³/mol. The lowest BCUT2D eigenvalue weighted by Gasteiger charge is -2.12. The van der Waals surface area contributed by atoms with Crippen molar-refractivity contribution in [1.29, 1.82) is 0 Å². The molecule has 1 rings (SSSR count). The second-order valence-electron chi connectivity index (χ2n) is 3.39. The van der Waals surface area contributed by atoms with E-state index in [0.717, 1.165) is 23.5 Å². The number of hydrogen-bond donors (Lipinski definition) is 2. The third-order valence-corrected chi connectivity index (χ3v) is 2.25.